The number of carbonyl (C=O) groups is 1. The Morgan fingerprint density at radius 3 is 2.53 bits per heavy atom. The Morgan fingerprint density at radius 1 is 1.40 bits per heavy atom. The van der Waals surface area contributed by atoms with E-state index in [1.165, 1.54) is 0 Å². The van der Waals surface area contributed by atoms with Gasteiger partial charge in [-0.1, -0.05) is 0 Å². The van der Waals surface area contributed by atoms with Crippen molar-refractivity contribution in [2.45, 2.75) is 18.8 Å². The summed E-state index contributed by atoms with van der Waals surface area (Å²) in [5.41, 5.74) is 5.04. The molecular formula is C9H16F2N2O2. The summed E-state index contributed by atoms with van der Waals surface area (Å²) in [6.07, 6.45) is -0.227. The molecule has 1 rings (SSSR count). The fraction of sp³-hybridized carbons (Fsp3) is 0.889. The van der Waals surface area contributed by atoms with Crippen LogP contribution in [0, 0.1) is 0 Å². The molecule has 6 heteroatoms. The average Bonchev–Trinajstić information content (AvgIpc) is 2.20. The highest BCUT2D eigenvalue weighted by atomic mass is 19.3. The lowest BCUT2D eigenvalue weighted by atomic mass is 10.1. The van der Waals surface area contributed by atoms with Gasteiger partial charge in [0.05, 0.1) is 6.54 Å². The molecule has 1 fully saturated rings. The second-order valence-corrected chi connectivity index (χ2v) is 3.62. The lowest BCUT2D eigenvalue weighted by Crippen LogP contribution is -2.41. The number of rotatable bonds is 4. The molecule has 1 saturated heterocycles. The Morgan fingerprint density at radius 2 is 2.00 bits per heavy atom. The molecule has 0 aromatic carbocycles. The van der Waals surface area contributed by atoms with E-state index in [9.17, 15) is 13.6 Å². The first-order chi connectivity index (χ1) is 7.03. The number of esters is 1. The number of alkyl halides is 2. The van der Waals surface area contributed by atoms with Crippen molar-refractivity contribution in [3.63, 3.8) is 0 Å². The Balaban J connectivity index is 2.11. The number of nitrogens with zero attached hydrogens (tertiary/aromatic N) is 1. The highest BCUT2D eigenvalue weighted by molar-refractivity contribution is 5.71. The van der Waals surface area contributed by atoms with Crippen LogP contribution in [0.1, 0.15) is 12.8 Å². The fourth-order valence-corrected chi connectivity index (χ4v) is 1.45. The van der Waals surface area contributed by atoms with E-state index in [1.807, 2.05) is 4.90 Å². The SMILES string of the molecule is NCC(=O)OCCN1CCC(F)(F)CC1. The third-order valence-electron chi connectivity index (χ3n) is 2.42. The van der Waals surface area contributed by atoms with E-state index >= 15 is 0 Å². The van der Waals surface area contributed by atoms with Gasteiger partial charge < -0.3 is 10.5 Å². The van der Waals surface area contributed by atoms with Gasteiger partial charge in [0.15, 0.2) is 0 Å². The molecule has 15 heavy (non-hydrogen) atoms. The van der Waals surface area contributed by atoms with Crippen LogP contribution in [0.2, 0.25) is 0 Å². The lowest BCUT2D eigenvalue weighted by Gasteiger charge is -2.31. The van der Waals surface area contributed by atoms with Crippen molar-refractivity contribution >= 4 is 5.97 Å². The number of likely N-dealkylation sites (tertiary alicyclic amines) is 1. The minimum Gasteiger partial charge on any atom is -0.463 e. The van der Waals surface area contributed by atoms with Crippen molar-refractivity contribution in [1.82, 2.24) is 4.90 Å². The molecular weight excluding hydrogens is 206 g/mol. The van der Waals surface area contributed by atoms with E-state index in [1.54, 1.807) is 0 Å². The summed E-state index contributed by atoms with van der Waals surface area (Å²) in [7, 11) is 0. The van der Waals surface area contributed by atoms with Gasteiger partial charge in [-0.15, -0.1) is 0 Å². The first kappa shape index (κ1) is 12.3. The largest absolute Gasteiger partial charge is 0.463 e. The van der Waals surface area contributed by atoms with Crippen molar-refractivity contribution in [1.29, 1.82) is 0 Å². The molecule has 0 unspecified atom stereocenters. The first-order valence-electron chi connectivity index (χ1n) is 4.99. The molecule has 0 saturated carbocycles. The first-order valence-corrected chi connectivity index (χ1v) is 4.99. The zero-order valence-corrected chi connectivity index (χ0v) is 8.55. The van der Waals surface area contributed by atoms with Crippen LogP contribution in [0.15, 0.2) is 0 Å². The molecule has 1 aliphatic heterocycles. The van der Waals surface area contributed by atoms with E-state index < -0.39 is 11.9 Å². The predicted octanol–water partition coefficient (Wildman–Crippen LogP) is 0.219. The minimum absolute atomic E-state index is 0.113. The van der Waals surface area contributed by atoms with Gasteiger partial charge in [0.25, 0.3) is 5.92 Å². The summed E-state index contributed by atoms with van der Waals surface area (Å²) >= 11 is 0. The Labute approximate surface area is 87.4 Å². The summed E-state index contributed by atoms with van der Waals surface area (Å²) in [4.78, 5) is 12.5. The van der Waals surface area contributed by atoms with E-state index in [4.69, 9.17) is 10.5 Å². The van der Waals surface area contributed by atoms with Crippen molar-refractivity contribution in [2.75, 3.05) is 32.8 Å². The van der Waals surface area contributed by atoms with Crippen molar-refractivity contribution in [3.05, 3.63) is 0 Å². The number of hydrogen-bond donors (Lipinski definition) is 1. The normalized spacial score (nSPS) is 21.3. The summed E-state index contributed by atoms with van der Waals surface area (Å²) in [5, 5.41) is 0. The molecule has 0 atom stereocenters. The van der Waals surface area contributed by atoms with Crippen molar-refractivity contribution < 1.29 is 18.3 Å². The molecule has 2 N–H and O–H groups in total. The Kier molecular flexibility index (Phi) is 4.41. The monoisotopic (exact) mass is 222 g/mol. The average molecular weight is 222 g/mol. The maximum Gasteiger partial charge on any atom is 0.319 e. The molecule has 0 aromatic rings. The van der Waals surface area contributed by atoms with Crippen LogP contribution >= 0.6 is 0 Å². The topological polar surface area (TPSA) is 55.6 Å². The van der Waals surface area contributed by atoms with Crippen LogP contribution in [0.5, 0.6) is 0 Å². The Bertz CT molecular complexity index is 214. The molecule has 0 aromatic heterocycles. The lowest BCUT2D eigenvalue weighted by molar-refractivity contribution is -0.142. The molecule has 0 amide bonds. The van der Waals surface area contributed by atoms with Gasteiger partial charge in [-0.3, -0.25) is 9.69 Å². The van der Waals surface area contributed by atoms with Crippen LogP contribution in [0.3, 0.4) is 0 Å². The number of halogens is 2. The highest BCUT2D eigenvalue weighted by Crippen LogP contribution is 2.27. The second-order valence-electron chi connectivity index (χ2n) is 3.62. The summed E-state index contributed by atoms with van der Waals surface area (Å²) in [6.45, 7) is 1.29. The maximum atomic E-state index is 12.8. The predicted molar refractivity (Wildman–Crippen MR) is 50.6 cm³/mol. The minimum atomic E-state index is -2.52. The highest BCUT2D eigenvalue weighted by Gasteiger charge is 2.33. The van der Waals surface area contributed by atoms with Crippen LogP contribution in [-0.4, -0.2) is 49.6 Å². The van der Waals surface area contributed by atoms with Crippen LogP contribution < -0.4 is 5.73 Å². The number of carbonyl (C=O) groups excluding carboxylic acids is 1. The van der Waals surface area contributed by atoms with E-state index in [2.05, 4.69) is 0 Å². The molecule has 1 heterocycles. The molecule has 1 aliphatic rings. The summed E-state index contributed by atoms with van der Waals surface area (Å²) < 4.78 is 30.3. The molecule has 0 spiro atoms. The van der Waals surface area contributed by atoms with Gasteiger partial charge >= 0.3 is 5.97 Å². The molecule has 4 nitrogen and oxygen atoms in total. The number of hydrogen-bond acceptors (Lipinski definition) is 4. The fourth-order valence-electron chi connectivity index (χ4n) is 1.45. The molecule has 88 valence electrons. The van der Waals surface area contributed by atoms with Crippen molar-refractivity contribution in [3.8, 4) is 0 Å². The van der Waals surface area contributed by atoms with Crippen LogP contribution in [0.25, 0.3) is 0 Å². The second kappa shape index (κ2) is 5.37. The quantitative estimate of drug-likeness (QED) is 0.691. The number of piperidine rings is 1. The number of nitrogens with two attached hydrogens (primary N) is 1. The molecule has 0 aliphatic carbocycles. The van der Waals surface area contributed by atoms with Crippen molar-refractivity contribution in [2.24, 2.45) is 5.73 Å². The van der Waals surface area contributed by atoms with Gasteiger partial charge in [0.1, 0.15) is 6.61 Å². The molecule has 0 bridgehead atoms. The van der Waals surface area contributed by atoms with Gasteiger partial charge in [-0.05, 0) is 0 Å². The standard InChI is InChI=1S/C9H16F2N2O2/c10-9(11)1-3-13(4-2-9)5-6-15-8(14)7-12/h1-7,12H2. The van der Waals surface area contributed by atoms with Crippen LogP contribution in [0.4, 0.5) is 8.78 Å². The van der Waals surface area contributed by atoms with Crippen LogP contribution in [-0.2, 0) is 9.53 Å². The van der Waals surface area contributed by atoms with E-state index in [0.717, 1.165) is 0 Å². The molecule has 0 radical (unpaired) electrons. The number of ether oxygens (including phenoxy) is 1. The third kappa shape index (κ3) is 4.53. The summed E-state index contributed by atoms with van der Waals surface area (Å²) in [6, 6.07) is 0. The Hall–Kier alpha value is -0.750. The van der Waals surface area contributed by atoms with Gasteiger partial charge in [-0.25, -0.2) is 8.78 Å². The summed E-state index contributed by atoms with van der Waals surface area (Å²) in [5.74, 6) is -2.98. The van der Waals surface area contributed by atoms with E-state index in [0.29, 0.717) is 19.6 Å². The van der Waals surface area contributed by atoms with Gasteiger partial charge in [0, 0.05) is 32.5 Å². The zero-order valence-electron chi connectivity index (χ0n) is 8.55. The smallest absolute Gasteiger partial charge is 0.319 e. The maximum absolute atomic E-state index is 12.8. The van der Waals surface area contributed by atoms with Gasteiger partial charge in [-0.2, -0.15) is 0 Å². The zero-order chi connectivity index (χ0) is 11.3. The third-order valence-corrected chi connectivity index (χ3v) is 2.42. The van der Waals surface area contributed by atoms with E-state index in [-0.39, 0.29) is 26.0 Å². The van der Waals surface area contributed by atoms with Gasteiger partial charge in [0.2, 0.25) is 0 Å².